The van der Waals surface area contributed by atoms with Gasteiger partial charge in [-0.1, -0.05) is 6.92 Å². The highest BCUT2D eigenvalue weighted by atomic mass is 16.5. The summed E-state index contributed by atoms with van der Waals surface area (Å²) in [6.45, 7) is 8.15. The van der Waals surface area contributed by atoms with Gasteiger partial charge in [0.2, 0.25) is 5.91 Å². The molecule has 0 bridgehead atoms. The maximum Gasteiger partial charge on any atom is 0.229 e. The van der Waals surface area contributed by atoms with E-state index in [9.17, 15) is 4.79 Å². The van der Waals surface area contributed by atoms with E-state index in [1.165, 1.54) is 0 Å². The molecule has 0 aromatic carbocycles. The quantitative estimate of drug-likeness (QED) is 0.747. The lowest BCUT2D eigenvalue weighted by molar-refractivity contribution is -0.137. The van der Waals surface area contributed by atoms with Crippen LogP contribution in [0.1, 0.15) is 13.3 Å². The molecule has 6 heteroatoms. The number of nitrogens with zero attached hydrogens (tertiary/aromatic N) is 3. The molecule has 0 aromatic heterocycles. The predicted molar refractivity (Wildman–Crippen MR) is 75.0 cm³/mol. The van der Waals surface area contributed by atoms with Crippen LogP contribution in [0, 0.1) is 17.2 Å². The Labute approximate surface area is 120 Å². The first-order chi connectivity index (χ1) is 9.76. The van der Waals surface area contributed by atoms with E-state index in [1.54, 1.807) is 0 Å². The van der Waals surface area contributed by atoms with Crippen LogP contribution in [0.3, 0.4) is 0 Å². The summed E-state index contributed by atoms with van der Waals surface area (Å²) in [5.41, 5.74) is 0. The molecule has 0 aliphatic carbocycles. The highest BCUT2D eigenvalue weighted by molar-refractivity contribution is 5.80. The third-order valence-corrected chi connectivity index (χ3v) is 4.09. The number of carbonyl (C=O) groups is 1. The summed E-state index contributed by atoms with van der Waals surface area (Å²) in [6, 6.07) is 2.32. The second kappa shape index (κ2) is 7.58. The molecule has 2 aliphatic heterocycles. The van der Waals surface area contributed by atoms with Crippen LogP contribution in [0.4, 0.5) is 0 Å². The van der Waals surface area contributed by atoms with Crippen molar-refractivity contribution in [2.45, 2.75) is 19.4 Å². The van der Waals surface area contributed by atoms with E-state index in [1.807, 2.05) is 11.8 Å². The fourth-order valence-electron chi connectivity index (χ4n) is 2.90. The van der Waals surface area contributed by atoms with Crippen molar-refractivity contribution in [3.8, 4) is 6.07 Å². The molecule has 2 fully saturated rings. The minimum absolute atomic E-state index is 0.0411. The van der Waals surface area contributed by atoms with E-state index in [-0.39, 0.29) is 17.9 Å². The third kappa shape index (κ3) is 3.69. The largest absolute Gasteiger partial charge is 0.379 e. The van der Waals surface area contributed by atoms with Gasteiger partial charge in [-0.25, -0.2) is 0 Å². The third-order valence-electron chi connectivity index (χ3n) is 4.09. The van der Waals surface area contributed by atoms with Crippen molar-refractivity contribution >= 4 is 5.91 Å². The zero-order valence-corrected chi connectivity index (χ0v) is 12.2. The lowest BCUT2D eigenvalue weighted by Gasteiger charge is -2.36. The standard InChI is InChI=1S/C14H24N4O2/c1-2-16-13-11-20-10-12(13)14(19)18-8-6-17(7-9-18)5-3-4-15/h12-13,16H,2-3,5-11H2,1H3. The molecule has 0 aromatic rings. The van der Waals surface area contributed by atoms with E-state index < -0.39 is 0 Å². The van der Waals surface area contributed by atoms with Gasteiger partial charge in [0, 0.05) is 45.2 Å². The average molecular weight is 280 g/mol. The van der Waals surface area contributed by atoms with Crippen molar-refractivity contribution < 1.29 is 9.53 Å². The molecule has 2 heterocycles. The summed E-state index contributed by atoms with van der Waals surface area (Å²) in [4.78, 5) is 16.7. The second-order valence-corrected chi connectivity index (χ2v) is 5.38. The average Bonchev–Trinajstić information content (AvgIpc) is 2.93. The van der Waals surface area contributed by atoms with Crippen LogP contribution in [0.25, 0.3) is 0 Å². The van der Waals surface area contributed by atoms with Gasteiger partial charge in [-0.15, -0.1) is 0 Å². The molecule has 0 saturated carbocycles. The summed E-state index contributed by atoms with van der Waals surface area (Å²) < 4.78 is 5.45. The molecule has 1 amide bonds. The Morgan fingerprint density at radius 3 is 2.75 bits per heavy atom. The first-order valence-corrected chi connectivity index (χ1v) is 7.45. The summed E-state index contributed by atoms with van der Waals surface area (Å²) in [5.74, 6) is 0.175. The van der Waals surface area contributed by atoms with Crippen LogP contribution < -0.4 is 5.32 Å². The SMILES string of the molecule is CCNC1COCC1C(=O)N1CCN(CCC#N)CC1. The number of carbonyl (C=O) groups excluding carboxylic acids is 1. The molecule has 0 spiro atoms. The number of ether oxygens (including phenoxy) is 1. The van der Waals surface area contributed by atoms with Crippen LogP contribution in [0.15, 0.2) is 0 Å². The number of nitrogens with one attached hydrogen (secondary N) is 1. The smallest absolute Gasteiger partial charge is 0.229 e. The minimum Gasteiger partial charge on any atom is -0.379 e. The van der Waals surface area contributed by atoms with Crippen molar-refractivity contribution in [3.63, 3.8) is 0 Å². The van der Waals surface area contributed by atoms with E-state index in [0.29, 0.717) is 19.6 Å². The Balaban J connectivity index is 1.81. The maximum atomic E-state index is 12.5. The fourth-order valence-corrected chi connectivity index (χ4v) is 2.90. The maximum absolute atomic E-state index is 12.5. The number of piperazine rings is 1. The van der Waals surface area contributed by atoms with E-state index in [2.05, 4.69) is 16.3 Å². The van der Waals surface area contributed by atoms with Crippen molar-refractivity contribution in [1.29, 1.82) is 5.26 Å². The number of hydrogen-bond donors (Lipinski definition) is 1. The predicted octanol–water partition coefficient (Wildman–Crippen LogP) is -0.331. The van der Waals surface area contributed by atoms with Gasteiger partial charge in [0.1, 0.15) is 0 Å². The topological polar surface area (TPSA) is 68.6 Å². The second-order valence-electron chi connectivity index (χ2n) is 5.38. The van der Waals surface area contributed by atoms with Gasteiger partial charge in [0.05, 0.1) is 25.2 Å². The Morgan fingerprint density at radius 2 is 2.10 bits per heavy atom. The van der Waals surface area contributed by atoms with E-state index in [0.717, 1.165) is 39.3 Å². The zero-order chi connectivity index (χ0) is 14.4. The number of nitriles is 1. The van der Waals surface area contributed by atoms with Gasteiger partial charge in [0.25, 0.3) is 0 Å². The number of hydrogen-bond acceptors (Lipinski definition) is 5. The summed E-state index contributed by atoms with van der Waals surface area (Å²) >= 11 is 0. The van der Waals surface area contributed by atoms with Crippen LogP contribution in [0.2, 0.25) is 0 Å². The van der Waals surface area contributed by atoms with Crippen LogP contribution in [-0.4, -0.2) is 74.2 Å². The van der Waals surface area contributed by atoms with Crippen molar-refractivity contribution in [2.24, 2.45) is 5.92 Å². The van der Waals surface area contributed by atoms with Gasteiger partial charge in [-0.2, -0.15) is 5.26 Å². The Morgan fingerprint density at radius 1 is 1.35 bits per heavy atom. The highest BCUT2D eigenvalue weighted by Crippen LogP contribution is 2.18. The molecular formula is C14H24N4O2. The summed E-state index contributed by atoms with van der Waals surface area (Å²) in [5, 5.41) is 11.9. The molecule has 20 heavy (non-hydrogen) atoms. The Kier molecular flexibility index (Phi) is 5.77. The molecule has 2 atom stereocenters. The molecule has 2 rings (SSSR count). The van der Waals surface area contributed by atoms with Crippen molar-refractivity contribution in [2.75, 3.05) is 52.5 Å². The van der Waals surface area contributed by atoms with Crippen molar-refractivity contribution in [1.82, 2.24) is 15.1 Å². The van der Waals surface area contributed by atoms with E-state index in [4.69, 9.17) is 10.00 Å². The lowest BCUT2D eigenvalue weighted by Crippen LogP contribution is -2.53. The molecule has 2 aliphatic rings. The Bertz CT molecular complexity index is 361. The monoisotopic (exact) mass is 280 g/mol. The molecule has 0 radical (unpaired) electrons. The van der Waals surface area contributed by atoms with Gasteiger partial charge in [-0.3, -0.25) is 9.69 Å². The number of rotatable bonds is 5. The molecule has 2 saturated heterocycles. The zero-order valence-electron chi connectivity index (χ0n) is 12.2. The highest BCUT2D eigenvalue weighted by Gasteiger charge is 2.36. The van der Waals surface area contributed by atoms with Crippen LogP contribution in [0.5, 0.6) is 0 Å². The lowest BCUT2D eigenvalue weighted by atomic mass is 10.0. The molecule has 1 N–H and O–H groups in total. The molecule has 2 unspecified atom stereocenters. The number of amides is 1. The van der Waals surface area contributed by atoms with Gasteiger partial charge in [0.15, 0.2) is 0 Å². The first kappa shape index (κ1) is 15.2. The fraction of sp³-hybridized carbons (Fsp3) is 0.857. The summed E-state index contributed by atoms with van der Waals surface area (Å²) in [6.07, 6.45) is 0.562. The Hall–Kier alpha value is -1.16. The normalized spacial score (nSPS) is 27.5. The first-order valence-electron chi connectivity index (χ1n) is 7.45. The molecule has 112 valence electrons. The van der Waals surface area contributed by atoms with Gasteiger partial charge >= 0.3 is 0 Å². The van der Waals surface area contributed by atoms with Gasteiger partial charge < -0.3 is 15.0 Å². The van der Waals surface area contributed by atoms with Crippen molar-refractivity contribution in [3.05, 3.63) is 0 Å². The molecule has 6 nitrogen and oxygen atoms in total. The van der Waals surface area contributed by atoms with Gasteiger partial charge in [-0.05, 0) is 6.54 Å². The van der Waals surface area contributed by atoms with E-state index >= 15 is 0 Å². The minimum atomic E-state index is -0.0411. The molecular weight excluding hydrogens is 256 g/mol. The summed E-state index contributed by atoms with van der Waals surface area (Å²) in [7, 11) is 0. The van der Waals surface area contributed by atoms with Crippen LogP contribution in [-0.2, 0) is 9.53 Å². The number of likely N-dealkylation sites (N-methyl/N-ethyl adjacent to an activating group) is 1. The van der Waals surface area contributed by atoms with Crippen LogP contribution >= 0.6 is 0 Å².